The van der Waals surface area contributed by atoms with Crippen LogP contribution in [0, 0.1) is 0 Å². The van der Waals surface area contributed by atoms with E-state index < -0.39 is 57.8 Å². The summed E-state index contributed by atoms with van der Waals surface area (Å²) in [5.41, 5.74) is 0. The summed E-state index contributed by atoms with van der Waals surface area (Å²) >= 11 is 0. The molecular formula is C68H121O11P. The Morgan fingerprint density at radius 2 is 0.650 bits per heavy atom. The minimum Gasteiger partial charge on any atom is -0.462 e. The number of esters is 3. The average Bonchev–Trinajstić information content (AvgIpc) is 3.45. The second kappa shape index (κ2) is 62.0. The molecule has 0 aromatic rings. The number of unbranched alkanes of at least 4 members (excludes halogenated alkanes) is 32. The first-order chi connectivity index (χ1) is 39.2. The van der Waals surface area contributed by atoms with E-state index in [-0.39, 0.29) is 25.9 Å². The molecule has 2 N–H and O–H groups in total. The van der Waals surface area contributed by atoms with Crippen molar-refractivity contribution in [2.45, 2.75) is 315 Å². The molecule has 0 aromatic carbocycles. The molecule has 0 fully saturated rings. The lowest BCUT2D eigenvalue weighted by Gasteiger charge is -2.21. The van der Waals surface area contributed by atoms with E-state index in [2.05, 4.69) is 81.5 Å². The predicted molar refractivity (Wildman–Crippen MR) is 335 cm³/mol. The fraction of sp³-hybridized carbons (Fsp3) is 0.779. The molecule has 0 bridgehead atoms. The first-order valence-corrected chi connectivity index (χ1v) is 34.3. The summed E-state index contributed by atoms with van der Waals surface area (Å²) < 4.78 is 39.6. The zero-order chi connectivity index (χ0) is 58.3. The lowest BCUT2D eigenvalue weighted by Crippen LogP contribution is -2.30. The quantitative estimate of drug-likeness (QED) is 0.0197. The average molecular weight is 1150 g/mol. The SMILES string of the molecule is CC/C=C\C/C=C\C/C=C\C/C=C\C/C=C\C/C=C\CCC(=O)OCC(COP(=O)(O)OCC(CO)OC(=O)CCCCCCCCCCCCCCCCC)OC(=O)CCCCCCCCCCCCCCCCCCCCC. The number of phosphoric acid groups is 1. The van der Waals surface area contributed by atoms with Crippen molar-refractivity contribution < 1.29 is 52.2 Å². The zero-order valence-electron chi connectivity index (χ0n) is 51.5. The third-order valence-corrected chi connectivity index (χ3v) is 15.1. The Kier molecular flexibility index (Phi) is 59.6. The van der Waals surface area contributed by atoms with Crippen molar-refractivity contribution in [3.05, 3.63) is 72.9 Å². The van der Waals surface area contributed by atoms with Crippen LogP contribution in [0.2, 0.25) is 0 Å². The molecule has 0 heterocycles. The molecule has 0 aliphatic carbocycles. The van der Waals surface area contributed by atoms with E-state index in [0.717, 1.165) is 77.0 Å². The zero-order valence-corrected chi connectivity index (χ0v) is 52.4. The van der Waals surface area contributed by atoms with Crippen molar-refractivity contribution in [2.24, 2.45) is 0 Å². The largest absolute Gasteiger partial charge is 0.472 e. The Bertz CT molecular complexity index is 1620. The molecule has 0 saturated heterocycles. The number of aliphatic hydroxyl groups is 1. The molecule has 3 unspecified atom stereocenters. The van der Waals surface area contributed by atoms with Crippen molar-refractivity contribution in [3.63, 3.8) is 0 Å². The molecule has 0 amide bonds. The lowest BCUT2D eigenvalue weighted by atomic mass is 10.0. The Balaban J connectivity index is 4.77. The highest BCUT2D eigenvalue weighted by molar-refractivity contribution is 7.47. The van der Waals surface area contributed by atoms with Crippen LogP contribution in [0.5, 0.6) is 0 Å². The van der Waals surface area contributed by atoms with Gasteiger partial charge in [0.25, 0.3) is 0 Å². The predicted octanol–water partition coefficient (Wildman–Crippen LogP) is 20.0. The van der Waals surface area contributed by atoms with Crippen LogP contribution in [0.25, 0.3) is 0 Å². The molecule has 0 rings (SSSR count). The second-order valence-electron chi connectivity index (χ2n) is 21.9. The molecule has 0 radical (unpaired) electrons. The van der Waals surface area contributed by atoms with Gasteiger partial charge in [-0.2, -0.15) is 0 Å². The molecule has 464 valence electrons. The van der Waals surface area contributed by atoms with Crippen LogP contribution in [0.4, 0.5) is 0 Å². The maximum absolute atomic E-state index is 13.0. The first-order valence-electron chi connectivity index (χ1n) is 32.8. The molecule has 11 nitrogen and oxygen atoms in total. The Morgan fingerprint density at radius 1 is 0.362 bits per heavy atom. The van der Waals surface area contributed by atoms with Crippen molar-refractivity contribution in [1.29, 1.82) is 0 Å². The maximum atomic E-state index is 13.0. The highest BCUT2D eigenvalue weighted by Gasteiger charge is 2.28. The number of phosphoric ester groups is 1. The smallest absolute Gasteiger partial charge is 0.462 e. The first kappa shape index (κ1) is 76.9. The molecule has 0 aliphatic heterocycles. The van der Waals surface area contributed by atoms with E-state index in [1.54, 1.807) is 0 Å². The fourth-order valence-electron chi connectivity index (χ4n) is 9.21. The van der Waals surface area contributed by atoms with Gasteiger partial charge in [0.15, 0.2) is 6.10 Å². The minimum atomic E-state index is -4.77. The van der Waals surface area contributed by atoms with Gasteiger partial charge in [-0.3, -0.25) is 23.4 Å². The van der Waals surface area contributed by atoms with Crippen LogP contribution in [-0.2, 0) is 42.2 Å². The minimum absolute atomic E-state index is 0.103. The van der Waals surface area contributed by atoms with E-state index in [4.69, 9.17) is 23.3 Å². The number of allylic oxidation sites excluding steroid dienone is 12. The van der Waals surface area contributed by atoms with Crippen LogP contribution in [-0.4, -0.2) is 66.5 Å². The molecule has 0 spiro atoms. The summed E-state index contributed by atoms with van der Waals surface area (Å²) in [5, 5.41) is 9.85. The third-order valence-electron chi connectivity index (χ3n) is 14.2. The van der Waals surface area contributed by atoms with Crippen molar-refractivity contribution in [1.82, 2.24) is 0 Å². The molecule has 0 aromatic heterocycles. The molecule has 80 heavy (non-hydrogen) atoms. The summed E-state index contributed by atoms with van der Waals surface area (Å²) in [4.78, 5) is 48.7. The van der Waals surface area contributed by atoms with Gasteiger partial charge in [0.1, 0.15) is 12.7 Å². The van der Waals surface area contributed by atoms with Gasteiger partial charge >= 0.3 is 25.7 Å². The van der Waals surface area contributed by atoms with Crippen LogP contribution < -0.4 is 0 Å². The number of rotatable bonds is 61. The van der Waals surface area contributed by atoms with Crippen LogP contribution in [0.3, 0.4) is 0 Å². The number of carbonyl (C=O) groups is 3. The number of ether oxygens (including phenoxy) is 3. The summed E-state index contributed by atoms with van der Waals surface area (Å²) in [5.74, 6) is -1.55. The van der Waals surface area contributed by atoms with Gasteiger partial charge in [0, 0.05) is 19.3 Å². The number of hydrogen-bond acceptors (Lipinski definition) is 10. The Morgan fingerprint density at radius 3 is 0.975 bits per heavy atom. The van der Waals surface area contributed by atoms with Crippen LogP contribution in [0.1, 0.15) is 303 Å². The fourth-order valence-corrected chi connectivity index (χ4v) is 9.99. The summed E-state index contributed by atoms with van der Waals surface area (Å²) in [7, 11) is -4.77. The monoisotopic (exact) mass is 1140 g/mol. The van der Waals surface area contributed by atoms with Crippen LogP contribution in [0.15, 0.2) is 72.9 Å². The van der Waals surface area contributed by atoms with E-state index in [1.807, 2.05) is 12.2 Å². The van der Waals surface area contributed by atoms with Crippen molar-refractivity contribution in [2.75, 3.05) is 26.4 Å². The van der Waals surface area contributed by atoms with E-state index in [1.165, 1.54) is 167 Å². The van der Waals surface area contributed by atoms with Crippen molar-refractivity contribution >= 4 is 25.7 Å². The number of carbonyl (C=O) groups excluding carboxylic acids is 3. The second-order valence-corrected chi connectivity index (χ2v) is 23.4. The van der Waals surface area contributed by atoms with Crippen LogP contribution >= 0.6 is 7.82 Å². The highest BCUT2D eigenvalue weighted by Crippen LogP contribution is 2.43. The summed E-state index contributed by atoms with van der Waals surface area (Å²) in [6.07, 6.45) is 71.6. The van der Waals surface area contributed by atoms with Gasteiger partial charge in [-0.05, 0) is 57.8 Å². The molecular weight excluding hydrogens is 1020 g/mol. The van der Waals surface area contributed by atoms with Gasteiger partial charge < -0.3 is 24.2 Å². The van der Waals surface area contributed by atoms with Crippen molar-refractivity contribution in [3.8, 4) is 0 Å². The van der Waals surface area contributed by atoms with E-state index in [9.17, 15) is 28.9 Å². The number of hydrogen-bond donors (Lipinski definition) is 2. The molecule has 12 heteroatoms. The van der Waals surface area contributed by atoms with E-state index >= 15 is 0 Å². The molecule has 3 atom stereocenters. The number of aliphatic hydroxyl groups excluding tert-OH is 1. The molecule has 0 aliphatic rings. The Labute approximate surface area is 490 Å². The van der Waals surface area contributed by atoms with E-state index in [0.29, 0.717) is 19.3 Å². The third kappa shape index (κ3) is 59.5. The highest BCUT2D eigenvalue weighted by atomic mass is 31.2. The van der Waals surface area contributed by atoms with Gasteiger partial charge in [-0.15, -0.1) is 0 Å². The summed E-state index contributed by atoms with van der Waals surface area (Å²) in [6.45, 7) is 4.51. The van der Waals surface area contributed by atoms with Gasteiger partial charge in [-0.25, -0.2) is 4.57 Å². The molecule has 0 saturated carbocycles. The normalized spacial score (nSPS) is 13.7. The van der Waals surface area contributed by atoms with Gasteiger partial charge in [-0.1, -0.05) is 299 Å². The maximum Gasteiger partial charge on any atom is 0.472 e. The standard InChI is InChI=1S/C68H121O11P/c1-4-7-10-13-16-19-22-25-28-30-32-34-37-39-42-45-48-51-54-57-66(70)75-61-65(79-68(72)59-56-53-50-47-44-41-38-35-33-31-29-26-23-20-17-14-11-8-5-2)63-77-80(73,74)76-62-64(60-69)78-67(71)58-55-52-49-46-43-40-36-27-24-21-18-15-12-9-6-3/h7,10,16,19,25,28,32,34,39,42,48,51,64-65,69H,4-6,8-9,11-15,17-18,20-24,26-27,29-31,33,35-38,40-41,43-47,49-50,52-63H2,1-3H3,(H,73,74)/b10-7-,19-16-,28-25-,34-32-,42-39-,51-48-. The van der Waals surface area contributed by atoms with Gasteiger partial charge in [0.2, 0.25) is 0 Å². The topological polar surface area (TPSA) is 155 Å². The lowest BCUT2D eigenvalue weighted by molar-refractivity contribution is -0.161. The van der Waals surface area contributed by atoms with Gasteiger partial charge in [0.05, 0.1) is 19.8 Å². The summed E-state index contributed by atoms with van der Waals surface area (Å²) in [6, 6.07) is 0. The Hall–Kier alpha value is -3.08.